The second-order valence-corrected chi connectivity index (χ2v) is 7.01. The first-order valence-electron chi connectivity index (χ1n) is 9.07. The predicted molar refractivity (Wildman–Crippen MR) is 105 cm³/mol. The second-order valence-electron chi connectivity index (χ2n) is 7.01. The van der Waals surface area contributed by atoms with Crippen molar-refractivity contribution in [2.45, 2.75) is 6.04 Å². The average molecular weight is 362 g/mol. The zero-order valence-electron chi connectivity index (χ0n) is 15.5. The summed E-state index contributed by atoms with van der Waals surface area (Å²) in [4.78, 5) is 30.0. The average Bonchev–Trinajstić information content (AvgIpc) is 2.71. The lowest BCUT2D eigenvalue weighted by Crippen LogP contribution is -2.49. The smallest absolute Gasteiger partial charge is 0.275 e. The summed E-state index contributed by atoms with van der Waals surface area (Å²) in [5, 5.41) is 5.45. The van der Waals surface area contributed by atoms with Crippen molar-refractivity contribution in [2.24, 2.45) is 7.05 Å². The highest BCUT2D eigenvalue weighted by Gasteiger charge is 2.32. The minimum Gasteiger partial charge on any atom is -0.328 e. The van der Waals surface area contributed by atoms with Gasteiger partial charge < -0.3 is 9.80 Å². The van der Waals surface area contributed by atoms with Gasteiger partial charge in [-0.15, -0.1) is 0 Å². The molecule has 3 aromatic rings. The van der Waals surface area contributed by atoms with E-state index in [2.05, 4.69) is 29.2 Å². The van der Waals surface area contributed by atoms with E-state index < -0.39 is 0 Å². The molecule has 1 aromatic heterocycles. The van der Waals surface area contributed by atoms with Crippen LogP contribution in [0, 0.1) is 0 Å². The van der Waals surface area contributed by atoms with Crippen LogP contribution in [0.2, 0.25) is 0 Å². The molecule has 138 valence electrons. The van der Waals surface area contributed by atoms with E-state index >= 15 is 0 Å². The van der Waals surface area contributed by atoms with Crippen molar-refractivity contribution in [1.29, 1.82) is 0 Å². The summed E-state index contributed by atoms with van der Waals surface area (Å²) in [5.41, 5.74) is 1.24. The lowest BCUT2D eigenvalue weighted by Gasteiger charge is -2.40. The first-order chi connectivity index (χ1) is 13.1. The molecule has 0 aliphatic carbocycles. The molecule has 1 amide bonds. The van der Waals surface area contributed by atoms with Crippen LogP contribution >= 0.6 is 0 Å². The normalized spacial score (nSPS) is 18.0. The number of hydrogen-bond acceptors (Lipinski definition) is 4. The zero-order valence-corrected chi connectivity index (χ0v) is 15.5. The molecular weight excluding hydrogens is 340 g/mol. The van der Waals surface area contributed by atoms with Gasteiger partial charge in [-0.1, -0.05) is 48.5 Å². The third-order valence-electron chi connectivity index (χ3n) is 5.19. The number of fused-ring (bicyclic) bond motifs is 1. The molecule has 2 heterocycles. The molecule has 4 rings (SSSR count). The Morgan fingerprint density at radius 3 is 2.37 bits per heavy atom. The molecule has 1 aliphatic rings. The highest BCUT2D eigenvalue weighted by molar-refractivity contribution is 6.05. The minimum absolute atomic E-state index is 0.0461. The van der Waals surface area contributed by atoms with Gasteiger partial charge in [-0.25, -0.2) is 4.68 Å². The zero-order chi connectivity index (χ0) is 19.0. The van der Waals surface area contributed by atoms with Crippen molar-refractivity contribution < 1.29 is 4.79 Å². The third-order valence-corrected chi connectivity index (χ3v) is 5.19. The molecule has 6 nitrogen and oxygen atoms in total. The van der Waals surface area contributed by atoms with Crippen LogP contribution in [0.3, 0.4) is 0 Å². The Bertz CT molecular complexity index is 1040. The number of carbonyl (C=O) groups excluding carboxylic acids is 1. The molecule has 6 heteroatoms. The molecule has 0 radical (unpaired) electrons. The quantitative estimate of drug-likeness (QED) is 0.700. The van der Waals surface area contributed by atoms with Crippen molar-refractivity contribution >= 4 is 16.7 Å². The van der Waals surface area contributed by atoms with E-state index in [9.17, 15) is 9.59 Å². The maximum absolute atomic E-state index is 13.5. The van der Waals surface area contributed by atoms with Crippen LogP contribution in [-0.2, 0) is 7.05 Å². The topological polar surface area (TPSA) is 58.4 Å². The van der Waals surface area contributed by atoms with E-state index in [1.165, 1.54) is 4.68 Å². The molecule has 0 N–H and O–H groups in total. The largest absolute Gasteiger partial charge is 0.328 e. The van der Waals surface area contributed by atoms with Gasteiger partial charge in [0.15, 0.2) is 5.69 Å². The van der Waals surface area contributed by atoms with Crippen LogP contribution in [0.25, 0.3) is 10.8 Å². The summed E-state index contributed by atoms with van der Waals surface area (Å²) >= 11 is 0. The van der Waals surface area contributed by atoms with Crippen LogP contribution in [0.5, 0.6) is 0 Å². The van der Waals surface area contributed by atoms with E-state index in [0.717, 1.165) is 18.7 Å². The number of aryl methyl sites for hydroxylation is 1. The first-order valence-corrected chi connectivity index (χ1v) is 9.07. The Balaban J connectivity index is 1.81. The third kappa shape index (κ3) is 3.13. The number of likely N-dealkylation sites (N-methyl/N-ethyl adjacent to an activating group) is 1. The summed E-state index contributed by atoms with van der Waals surface area (Å²) in [6, 6.07) is 17.2. The molecule has 1 atom stereocenters. The molecule has 1 fully saturated rings. The van der Waals surface area contributed by atoms with Crippen molar-refractivity contribution in [2.75, 3.05) is 26.7 Å². The number of rotatable bonds is 2. The molecule has 0 spiro atoms. The lowest BCUT2D eigenvalue weighted by molar-refractivity contribution is 0.0492. The number of hydrogen-bond donors (Lipinski definition) is 0. The van der Waals surface area contributed by atoms with Crippen molar-refractivity contribution in [3.63, 3.8) is 0 Å². The Morgan fingerprint density at radius 2 is 1.63 bits per heavy atom. The predicted octanol–water partition coefficient (Wildman–Crippen LogP) is 2.06. The van der Waals surface area contributed by atoms with Gasteiger partial charge in [0, 0.05) is 32.1 Å². The number of amides is 1. The standard InChI is InChI=1S/C21H22N4O2/c1-23-12-13-25(18(14-23)15-8-4-3-5-9-15)21(27)19-16-10-6-7-11-17(16)20(26)24(2)22-19/h3-11,18H,12-14H2,1-2H3/t18-/m1/s1. The van der Waals surface area contributed by atoms with Gasteiger partial charge in [-0.2, -0.15) is 5.10 Å². The number of aromatic nitrogens is 2. The SMILES string of the molecule is CN1CCN(C(=O)c2nn(C)c(=O)c3ccccc23)[C@@H](c2ccccc2)C1. The second kappa shape index (κ2) is 6.96. The van der Waals surface area contributed by atoms with Gasteiger partial charge in [0.05, 0.1) is 11.4 Å². The molecule has 0 unspecified atom stereocenters. The van der Waals surface area contributed by atoms with E-state index in [4.69, 9.17) is 0 Å². The van der Waals surface area contributed by atoms with Gasteiger partial charge >= 0.3 is 0 Å². The Hall–Kier alpha value is -2.99. The fraction of sp³-hybridized carbons (Fsp3) is 0.286. The fourth-order valence-electron chi connectivity index (χ4n) is 3.72. The van der Waals surface area contributed by atoms with Gasteiger partial charge in [-0.3, -0.25) is 9.59 Å². The number of carbonyl (C=O) groups is 1. The summed E-state index contributed by atoms with van der Waals surface area (Å²) in [6.45, 7) is 2.19. The molecule has 27 heavy (non-hydrogen) atoms. The molecule has 1 aliphatic heterocycles. The highest BCUT2D eigenvalue weighted by Crippen LogP contribution is 2.27. The molecule has 0 saturated carbocycles. The monoisotopic (exact) mass is 362 g/mol. The Labute approximate surface area is 157 Å². The Morgan fingerprint density at radius 1 is 0.963 bits per heavy atom. The first kappa shape index (κ1) is 17.4. The van der Waals surface area contributed by atoms with Crippen LogP contribution in [0.15, 0.2) is 59.4 Å². The van der Waals surface area contributed by atoms with E-state index in [-0.39, 0.29) is 17.5 Å². The minimum atomic E-state index is -0.194. The van der Waals surface area contributed by atoms with Gasteiger partial charge in [-0.05, 0) is 18.7 Å². The molecular formula is C21H22N4O2. The Kier molecular flexibility index (Phi) is 4.49. The lowest BCUT2D eigenvalue weighted by atomic mass is 10.0. The summed E-state index contributed by atoms with van der Waals surface area (Å²) in [7, 11) is 3.65. The van der Waals surface area contributed by atoms with Crippen LogP contribution < -0.4 is 5.56 Å². The summed E-state index contributed by atoms with van der Waals surface area (Å²) in [5.74, 6) is -0.135. The van der Waals surface area contributed by atoms with E-state index in [0.29, 0.717) is 23.0 Å². The fourth-order valence-corrected chi connectivity index (χ4v) is 3.72. The van der Waals surface area contributed by atoms with Crippen molar-refractivity contribution in [1.82, 2.24) is 19.6 Å². The maximum Gasteiger partial charge on any atom is 0.275 e. The van der Waals surface area contributed by atoms with Crippen LogP contribution in [0.1, 0.15) is 22.1 Å². The van der Waals surface area contributed by atoms with Crippen molar-refractivity contribution in [3.8, 4) is 0 Å². The molecule has 1 saturated heterocycles. The van der Waals surface area contributed by atoms with Crippen LogP contribution in [0.4, 0.5) is 0 Å². The summed E-state index contributed by atoms with van der Waals surface area (Å²) in [6.07, 6.45) is 0. The number of nitrogens with zero attached hydrogens (tertiary/aromatic N) is 4. The number of benzene rings is 2. The van der Waals surface area contributed by atoms with Gasteiger partial charge in [0.2, 0.25) is 0 Å². The maximum atomic E-state index is 13.5. The highest BCUT2D eigenvalue weighted by atomic mass is 16.2. The van der Waals surface area contributed by atoms with E-state index in [1.54, 1.807) is 25.2 Å². The molecule has 2 aromatic carbocycles. The van der Waals surface area contributed by atoms with Gasteiger partial charge in [0.25, 0.3) is 11.5 Å². The molecule has 0 bridgehead atoms. The number of piperazine rings is 1. The van der Waals surface area contributed by atoms with Gasteiger partial charge in [0.1, 0.15) is 0 Å². The summed E-state index contributed by atoms with van der Waals surface area (Å²) < 4.78 is 1.25. The van der Waals surface area contributed by atoms with Crippen molar-refractivity contribution in [3.05, 3.63) is 76.2 Å². The van der Waals surface area contributed by atoms with E-state index in [1.807, 2.05) is 29.2 Å². The van der Waals surface area contributed by atoms with Crippen LogP contribution in [-0.4, -0.2) is 52.2 Å².